The lowest BCUT2D eigenvalue weighted by Gasteiger charge is -2.12. The fourth-order valence-corrected chi connectivity index (χ4v) is 6.10. The van der Waals surface area contributed by atoms with Crippen LogP contribution < -0.4 is 5.32 Å². The normalized spacial score (nSPS) is 18.8. The van der Waals surface area contributed by atoms with E-state index in [0.717, 1.165) is 64.9 Å². The Labute approximate surface area is 180 Å². The van der Waals surface area contributed by atoms with Crippen molar-refractivity contribution in [2.75, 3.05) is 24.7 Å². The van der Waals surface area contributed by atoms with Crippen molar-refractivity contribution >= 4 is 49.3 Å². The van der Waals surface area contributed by atoms with E-state index >= 15 is 0 Å². The molecule has 4 heterocycles. The number of rotatable bonds is 7. The summed E-state index contributed by atoms with van der Waals surface area (Å²) in [5.41, 5.74) is 5.42. The summed E-state index contributed by atoms with van der Waals surface area (Å²) in [6.07, 6.45) is 11.7. The summed E-state index contributed by atoms with van der Waals surface area (Å²) in [4.78, 5) is 16.0. The van der Waals surface area contributed by atoms with E-state index in [0.29, 0.717) is 0 Å². The SMILES string of the molecule is CCCCc1nc2sc3c(NCC4CCCO4)nc(SC)nc3c2c2c1CCC2. The molecule has 0 amide bonds. The van der Waals surface area contributed by atoms with E-state index in [1.807, 2.05) is 6.26 Å². The molecule has 1 saturated heterocycles. The van der Waals surface area contributed by atoms with E-state index in [1.165, 1.54) is 47.9 Å². The minimum Gasteiger partial charge on any atom is -0.376 e. The quantitative estimate of drug-likeness (QED) is 0.402. The molecular formula is C22H28N4OS2. The summed E-state index contributed by atoms with van der Waals surface area (Å²) in [7, 11) is 0. The number of hydrogen-bond acceptors (Lipinski definition) is 7. The lowest BCUT2D eigenvalue weighted by atomic mass is 10.0. The molecule has 7 heteroatoms. The van der Waals surface area contributed by atoms with Crippen LogP contribution >= 0.6 is 23.1 Å². The molecule has 154 valence electrons. The van der Waals surface area contributed by atoms with Crippen molar-refractivity contribution in [1.82, 2.24) is 15.0 Å². The fourth-order valence-electron chi connectivity index (χ4n) is 4.60. The molecule has 1 aliphatic heterocycles. The number of thiophene rings is 1. The van der Waals surface area contributed by atoms with Crippen LogP contribution in [-0.4, -0.2) is 40.5 Å². The van der Waals surface area contributed by atoms with Gasteiger partial charge in [-0.15, -0.1) is 11.3 Å². The molecule has 0 bridgehead atoms. The molecule has 0 saturated carbocycles. The minimum absolute atomic E-state index is 0.287. The standard InChI is InChI=1S/C22H28N4OS2/c1-3-4-10-16-14-8-5-9-15(14)17-18-19(29-21(17)24-16)20(26-22(25-18)28-2)23-12-13-7-6-11-27-13/h13H,3-12H2,1-2H3,(H,23,25,26). The number of nitrogens with one attached hydrogen (secondary N) is 1. The predicted octanol–water partition coefficient (Wildman–Crippen LogP) is 5.38. The van der Waals surface area contributed by atoms with Gasteiger partial charge in [0.15, 0.2) is 5.16 Å². The number of hydrogen-bond donors (Lipinski definition) is 1. The van der Waals surface area contributed by atoms with Crippen LogP contribution in [0.2, 0.25) is 0 Å². The number of anilines is 1. The number of aryl methyl sites for hydroxylation is 2. The van der Waals surface area contributed by atoms with E-state index in [4.69, 9.17) is 19.7 Å². The van der Waals surface area contributed by atoms with Crippen LogP contribution in [-0.2, 0) is 24.0 Å². The first-order valence-corrected chi connectivity index (χ1v) is 12.9. The second-order valence-corrected chi connectivity index (χ2v) is 9.78. The first-order valence-electron chi connectivity index (χ1n) is 10.8. The molecule has 5 rings (SSSR count). The molecule has 29 heavy (non-hydrogen) atoms. The summed E-state index contributed by atoms with van der Waals surface area (Å²) in [6, 6.07) is 0. The van der Waals surface area contributed by atoms with Crippen molar-refractivity contribution in [1.29, 1.82) is 0 Å². The predicted molar refractivity (Wildman–Crippen MR) is 123 cm³/mol. The number of fused-ring (bicyclic) bond motifs is 5. The van der Waals surface area contributed by atoms with Crippen molar-refractivity contribution in [3.8, 4) is 0 Å². The third kappa shape index (κ3) is 3.62. The highest BCUT2D eigenvalue weighted by Crippen LogP contribution is 2.42. The van der Waals surface area contributed by atoms with Crippen LogP contribution in [0, 0.1) is 0 Å². The Balaban J connectivity index is 1.63. The van der Waals surface area contributed by atoms with Gasteiger partial charge in [0.1, 0.15) is 10.6 Å². The second kappa shape index (κ2) is 8.36. The molecule has 5 nitrogen and oxygen atoms in total. The van der Waals surface area contributed by atoms with Gasteiger partial charge in [-0.2, -0.15) is 0 Å². The Bertz CT molecular complexity index is 1040. The lowest BCUT2D eigenvalue weighted by Crippen LogP contribution is -2.19. The number of ether oxygens (including phenoxy) is 1. The van der Waals surface area contributed by atoms with Crippen molar-refractivity contribution in [3.05, 3.63) is 16.8 Å². The summed E-state index contributed by atoms with van der Waals surface area (Å²) < 4.78 is 6.94. The first kappa shape index (κ1) is 19.5. The van der Waals surface area contributed by atoms with Crippen molar-refractivity contribution in [2.24, 2.45) is 0 Å². The van der Waals surface area contributed by atoms with E-state index in [9.17, 15) is 0 Å². The van der Waals surface area contributed by atoms with Crippen LogP contribution in [0.15, 0.2) is 5.16 Å². The Morgan fingerprint density at radius 2 is 2.07 bits per heavy atom. The zero-order valence-electron chi connectivity index (χ0n) is 17.2. The molecular weight excluding hydrogens is 400 g/mol. The van der Waals surface area contributed by atoms with E-state index in [1.54, 1.807) is 23.1 Å². The number of thioether (sulfide) groups is 1. The minimum atomic E-state index is 0.287. The summed E-state index contributed by atoms with van der Waals surface area (Å²) in [5.74, 6) is 0.944. The topological polar surface area (TPSA) is 59.9 Å². The maximum Gasteiger partial charge on any atom is 0.189 e. The highest BCUT2D eigenvalue weighted by Gasteiger charge is 2.25. The van der Waals surface area contributed by atoms with Gasteiger partial charge < -0.3 is 10.1 Å². The van der Waals surface area contributed by atoms with Gasteiger partial charge in [0, 0.05) is 24.2 Å². The molecule has 1 aliphatic carbocycles. The molecule has 0 aromatic carbocycles. The van der Waals surface area contributed by atoms with Gasteiger partial charge in [0.2, 0.25) is 0 Å². The Morgan fingerprint density at radius 3 is 2.86 bits per heavy atom. The molecule has 0 radical (unpaired) electrons. The molecule has 2 aliphatic rings. The van der Waals surface area contributed by atoms with Gasteiger partial charge in [-0.3, -0.25) is 0 Å². The van der Waals surface area contributed by atoms with Crippen LogP contribution in [0.5, 0.6) is 0 Å². The van der Waals surface area contributed by atoms with Crippen LogP contribution in [0.1, 0.15) is 55.8 Å². The van der Waals surface area contributed by atoms with Crippen LogP contribution in [0.4, 0.5) is 5.82 Å². The Kier molecular flexibility index (Phi) is 5.63. The zero-order valence-corrected chi connectivity index (χ0v) is 18.8. The molecule has 3 aromatic heterocycles. The van der Waals surface area contributed by atoms with E-state index in [-0.39, 0.29) is 6.10 Å². The molecule has 3 aromatic rings. The summed E-state index contributed by atoms with van der Waals surface area (Å²) >= 11 is 3.36. The first-order chi connectivity index (χ1) is 14.3. The van der Waals surface area contributed by atoms with Crippen molar-refractivity contribution in [2.45, 2.75) is 69.6 Å². The largest absolute Gasteiger partial charge is 0.376 e. The number of pyridine rings is 1. The number of nitrogens with zero attached hydrogens (tertiary/aromatic N) is 3. The second-order valence-electron chi connectivity index (χ2n) is 8.01. The highest BCUT2D eigenvalue weighted by molar-refractivity contribution is 7.98. The Morgan fingerprint density at radius 1 is 1.17 bits per heavy atom. The average molecular weight is 429 g/mol. The molecule has 1 N–H and O–H groups in total. The highest BCUT2D eigenvalue weighted by atomic mass is 32.2. The smallest absolute Gasteiger partial charge is 0.189 e. The van der Waals surface area contributed by atoms with Crippen LogP contribution in [0.25, 0.3) is 20.4 Å². The van der Waals surface area contributed by atoms with E-state index < -0.39 is 0 Å². The monoisotopic (exact) mass is 428 g/mol. The average Bonchev–Trinajstić information content (AvgIpc) is 3.48. The summed E-state index contributed by atoms with van der Waals surface area (Å²) in [6.45, 7) is 3.94. The molecule has 1 fully saturated rings. The third-order valence-electron chi connectivity index (χ3n) is 6.07. The lowest BCUT2D eigenvalue weighted by molar-refractivity contribution is 0.120. The van der Waals surface area contributed by atoms with Gasteiger partial charge in [-0.1, -0.05) is 25.1 Å². The van der Waals surface area contributed by atoms with Gasteiger partial charge in [0.05, 0.1) is 16.3 Å². The zero-order chi connectivity index (χ0) is 19.8. The van der Waals surface area contributed by atoms with E-state index in [2.05, 4.69) is 12.2 Å². The van der Waals surface area contributed by atoms with Gasteiger partial charge in [-0.25, -0.2) is 15.0 Å². The van der Waals surface area contributed by atoms with Crippen LogP contribution in [0.3, 0.4) is 0 Å². The number of unbranched alkanes of at least 4 members (excludes halogenated alkanes) is 1. The number of aromatic nitrogens is 3. The molecule has 1 unspecified atom stereocenters. The van der Waals surface area contributed by atoms with Crippen molar-refractivity contribution < 1.29 is 4.74 Å². The van der Waals surface area contributed by atoms with Gasteiger partial charge >= 0.3 is 0 Å². The molecule has 0 spiro atoms. The maximum absolute atomic E-state index is 5.80. The maximum atomic E-state index is 5.80. The Hall–Kier alpha value is -1.44. The van der Waals surface area contributed by atoms with Gasteiger partial charge in [0.25, 0.3) is 0 Å². The molecule has 1 atom stereocenters. The third-order valence-corrected chi connectivity index (χ3v) is 7.70. The fraction of sp³-hybridized carbons (Fsp3) is 0.591. The van der Waals surface area contributed by atoms with Crippen molar-refractivity contribution in [3.63, 3.8) is 0 Å². The summed E-state index contributed by atoms with van der Waals surface area (Å²) in [5, 5.41) is 5.69. The van der Waals surface area contributed by atoms with Gasteiger partial charge in [-0.05, 0) is 62.3 Å².